The van der Waals surface area contributed by atoms with Crippen LogP contribution in [-0.2, 0) is 14.3 Å². The Bertz CT molecular complexity index is 869. The normalized spacial score (nSPS) is 13.7. The highest BCUT2D eigenvalue weighted by atomic mass is 16.5. The van der Waals surface area contributed by atoms with Crippen molar-refractivity contribution < 1.29 is 24.5 Å². The number of nitrogens with one attached hydrogen (secondary N) is 1. The third-order valence-corrected chi connectivity index (χ3v) is 9.98. The molecule has 0 aliphatic rings. The topological polar surface area (TPSA) is 95.9 Å². The first-order chi connectivity index (χ1) is 25.5. The summed E-state index contributed by atoms with van der Waals surface area (Å²) < 4.78 is 5.87. The number of carbonyl (C=O) groups is 2. The second kappa shape index (κ2) is 40.3. The fourth-order valence-corrected chi connectivity index (χ4v) is 6.62. The van der Waals surface area contributed by atoms with E-state index in [0.717, 1.165) is 77.0 Å². The molecule has 0 rings (SSSR count). The summed E-state index contributed by atoms with van der Waals surface area (Å²) in [6, 6.07) is -0.708. The average molecular weight is 732 g/mol. The molecule has 0 radical (unpaired) electrons. The largest absolute Gasteiger partial charge is 0.462 e. The van der Waals surface area contributed by atoms with E-state index in [1.165, 1.54) is 96.3 Å². The zero-order valence-corrected chi connectivity index (χ0v) is 34.4. The van der Waals surface area contributed by atoms with Gasteiger partial charge >= 0.3 is 5.97 Å². The summed E-state index contributed by atoms with van der Waals surface area (Å²) in [6.45, 7) is 6.32. The van der Waals surface area contributed by atoms with Crippen molar-refractivity contribution in [1.29, 1.82) is 0 Å². The average Bonchev–Trinajstić information content (AvgIpc) is 3.13. The smallest absolute Gasteiger partial charge is 0.306 e. The second-order valence-electron chi connectivity index (χ2n) is 15.1. The fourth-order valence-electron chi connectivity index (χ4n) is 6.62. The zero-order valence-electron chi connectivity index (χ0n) is 34.4. The van der Waals surface area contributed by atoms with Gasteiger partial charge in [0.1, 0.15) is 6.10 Å². The molecule has 6 nitrogen and oxygen atoms in total. The van der Waals surface area contributed by atoms with Crippen LogP contribution in [0.3, 0.4) is 0 Å². The molecule has 3 atom stereocenters. The first kappa shape index (κ1) is 50.1. The van der Waals surface area contributed by atoms with Gasteiger partial charge in [-0.05, 0) is 57.8 Å². The molecule has 0 saturated heterocycles. The van der Waals surface area contributed by atoms with Gasteiger partial charge < -0.3 is 20.3 Å². The number of unbranched alkanes of at least 4 members (excludes halogenated alkanes) is 21. The fraction of sp³-hybridized carbons (Fsp3) is 0.826. The molecule has 0 heterocycles. The van der Waals surface area contributed by atoms with E-state index in [9.17, 15) is 19.8 Å². The van der Waals surface area contributed by atoms with Crippen molar-refractivity contribution in [3.05, 3.63) is 36.5 Å². The quantitative estimate of drug-likeness (QED) is 0.0332. The van der Waals surface area contributed by atoms with Crippen molar-refractivity contribution in [1.82, 2.24) is 5.32 Å². The van der Waals surface area contributed by atoms with Gasteiger partial charge in [-0.1, -0.05) is 186 Å². The lowest BCUT2D eigenvalue weighted by atomic mass is 10.0. The second-order valence-corrected chi connectivity index (χ2v) is 15.1. The Morgan fingerprint density at radius 1 is 0.577 bits per heavy atom. The number of hydrogen-bond donors (Lipinski definition) is 3. The first-order valence-corrected chi connectivity index (χ1v) is 22.2. The Morgan fingerprint density at radius 3 is 1.56 bits per heavy atom. The van der Waals surface area contributed by atoms with Crippen molar-refractivity contribution in [2.24, 2.45) is 0 Å². The summed E-state index contributed by atoms with van der Waals surface area (Å²) >= 11 is 0. The number of ether oxygens (including phenoxy) is 1. The van der Waals surface area contributed by atoms with Crippen molar-refractivity contribution in [2.45, 2.75) is 238 Å². The number of aliphatic hydroxyl groups excluding tert-OH is 2. The van der Waals surface area contributed by atoms with Gasteiger partial charge in [-0.25, -0.2) is 0 Å². The van der Waals surface area contributed by atoms with Crippen molar-refractivity contribution >= 4 is 11.9 Å². The van der Waals surface area contributed by atoms with Gasteiger partial charge in [0, 0.05) is 6.42 Å². The van der Waals surface area contributed by atoms with Crippen molar-refractivity contribution in [3.63, 3.8) is 0 Å². The maximum atomic E-state index is 13.1. The molecule has 0 spiro atoms. The molecule has 0 fully saturated rings. The molecule has 0 aromatic heterocycles. The van der Waals surface area contributed by atoms with E-state index in [4.69, 9.17) is 4.74 Å². The highest BCUT2D eigenvalue weighted by molar-refractivity contribution is 5.77. The summed E-state index contributed by atoms with van der Waals surface area (Å²) in [5.41, 5.74) is 0. The molecule has 0 aliphatic carbocycles. The molecule has 0 aromatic rings. The third-order valence-electron chi connectivity index (χ3n) is 9.98. The lowest BCUT2D eigenvalue weighted by Crippen LogP contribution is -2.46. The number of amides is 1. The Balaban J connectivity index is 4.65. The minimum atomic E-state index is -0.792. The van der Waals surface area contributed by atoms with Gasteiger partial charge in [0.25, 0.3) is 0 Å². The molecular weight excluding hydrogens is 647 g/mol. The van der Waals surface area contributed by atoms with Crippen molar-refractivity contribution in [2.75, 3.05) is 6.61 Å². The van der Waals surface area contributed by atoms with Crippen LogP contribution in [0.2, 0.25) is 0 Å². The van der Waals surface area contributed by atoms with E-state index in [1.807, 2.05) is 0 Å². The van der Waals surface area contributed by atoms with Crippen LogP contribution < -0.4 is 5.32 Å². The van der Waals surface area contributed by atoms with Crippen LogP contribution in [0.5, 0.6) is 0 Å². The SMILES string of the molecule is CC/C=C/C/C=C/C/C=C/CCCCC(CC(=O)NC(CO)C(O)CCCCCCCCCCC)OC(=O)CCCCCCCCCCCCCC. The summed E-state index contributed by atoms with van der Waals surface area (Å²) in [7, 11) is 0. The Kier molecular flexibility index (Phi) is 38.8. The first-order valence-electron chi connectivity index (χ1n) is 22.2. The molecule has 1 amide bonds. The third kappa shape index (κ3) is 35.1. The standard InChI is InChI=1S/C46H85NO5/c1-4-7-10-13-16-19-21-23-26-28-31-34-37-42(52-46(51)39-36-33-30-27-24-22-20-17-14-11-8-5-2)40-45(50)47-43(41-48)44(49)38-35-32-29-25-18-15-12-9-6-3/h7,10,16,19,23,26,42-44,48-49H,4-6,8-9,11-15,17-18,20-22,24-25,27-41H2,1-3H3,(H,47,50)/b10-7+,19-16+,26-23+. The Labute approximate surface area is 322 Å². The lowest BCUT2D eigenvalue weighted by Gasteiger charge is -2.24. The van der Waals surface area contributed by atoms with Gasteiger partial charge in [-0.15, -0.1) is 0 Å². The minimum absolute atomic E-state index is 0.0541. The summed E-state index contributed by atoms with van der Waals surface area (Å²) in [5.74, 6) is -0.511. The van der Waals surface area contributed by atoms with E-state index < -0.39 is 18.2 Å². The predicted octanol–water partition coefficient (Wildman–Crippen LogP) is 12.6. The maximum absolute atomic E-state index is 13.1. The Morgan fingerprint density at radius 2 is 1.04 bits per heavy atom. The minimum Gasteiger partial charge on any atom is -0.462 e. The van der Waals surface area contributed by atoms with E-state index in [-0.39, 0.29) is 24.9 Å². The van der Waals surface area contributed by atoms with Gasteiger partial charge in [0.15, 0.2) is 0 Å². The van der Waals surface area contributed by atoms with Gasteiger partial charge in [-0.3, -0.25) is 9.59 Å². The maximum Gasteiger partial charge on any atom is 0.306 e. The van der Waals surface area contributed by atoms with Crippen LogP contribution in [0, 0.1) is 0 Å². The molecule has 52 heavy (non-hydrogen) atoms. The molecule has 0 aliphatic heterocycles. The zero-order chi connectivity index (χ0) is 38.2. The summed E-state index contributed by atoms with van der Waals surface area (Å²) in [5, 5.41) is 23.5. The number of esters is 1. The number of carbonyl (C=O) groups excluding carboxylic acids is 2. The van der Waals surface area contributed by atoms with Crippen LogP contribution in [0.25, 0.3) is 0 Å². The van der Waals surface area contributed by atoms with Crippen LogP contribution >= 0.6 is 0 Å². The molecule has 3 unspecified atom stereocenters. The highest BCUT2D eigenvalue weighted by Gasteiger charge is 2.24. The summed E-state index contributed by atoms with van der Waals surface area (Å²) in [4.78, 5) is 25.9. The van der Waals surface area contributed by atoms with Crippen LogP contribution in [-0.4, -0.2) is 46.9 Å². The van der Waals surface area contributed by atoms with Crippen LogP contribution in [0.4, 0.5) is 0 Å². The molecule has 304 valence electrons. The van der Waals surface area contributed by atoms with Crippen LogP contribution in [0.15, 0.2) is 36.5 Å². The van der Waals surface area contributed by atoms with Gasteiger partial charge in [0.2, 0.25) is 5.91 Å². The number of hydrogen-bond acceptors (Lipinski definition) is 5. The highest BCUT2D eigenvalue weighted by Crippen LogP contribution is 2.17. The lowest BCUT2D eigenvalue weighted by molar-refractivity contribution is -0.151. The molecule has 0 bridgehead atoms. The van der Waals surface area contributed by atoms with E-state index >= 15 is 0 Å². The van der Waals surface area contributed by atoms with Crippen molar-refractivity contribution in [3.8, 4) is 0 Å². The molecule has 3 N–H and O–H groups in total. The van der Waals surface area contributed by atoms with Gasteiger partial charge in [-0.2, -0.15) is 0 Å². The molecular formula is C46H85NO5. The Hall–Kier alpha value is -1.92. The molecule has 6 heteroatoms. The van der Waals surface area contributed by atoms with E-state index in [2.05, 4.69) is 62.5 Å². The van der Waals surface area contributed by atoms with E-state index in [0.29, 0.717) is 19.3 Å². The monoisotopic (exact) mass is 732 g/mol. The molecule has 0 aromatic carbocycles. The predicted molar refractivity (Wildman–Crippen MR) is 222 cm³/mol. The van der Waals surface area contributed by atoms with E-state index in [1.54, 1.807) is 0 Å². The molecule has 0 saturated carbocycles. The van der Waals surface area contributed by atoms with Gasteiger partial charge in [0.05, 0.1) is 25.2 Å². The number of aliphatic hydroxyl groups is 2. The van der Waals surface area contributed by atoms with Crippen LogP contribution in [0.1, 0.15) is 220 Å². The number of allylic oxidation sites excluding steroid dienone is 6. The summed E-state index contributed by atoms with van der Waals surface area (Å²) in [6.07, 6.45) is 44.9. The number of rotatable bonds is 39.